The summed E-state index contributed by atoms with van der Waals surface area (Å²) in [6, 6.07) is 7.55. The van der Waals surface area contributed by atoms with E-state index in [0.29, 0.717) is 38.0 Å². The van der Waals surface area contributed by atoms with Crippen LogP contribution in [0.3, 0.4) is 0 Å². The highest BCUT2D eigenvalue weighted by Gasteiger charge is 2.38. The zero-order valence-electron chi connectivity index (χ0n) is 26.1. The topological polar surface area (TPSA) is 92.8 Å². The number of carbonyl (C=O) groups is 4. The smallest absolute Gasteiger partial charge is 0.237 e. The molecule has 1 fully saturated rings. The highest BCUT2D eigenvalue weighted by atomic mass is 16.5. The second kappa shape index (κ2) is 13.0. The van der Waals surface area contributed by atoms with Gasteiger partial charge in [-0.25, -0.2) is 0 Å². The van der Waals surface area contributed by atoms with Crippen molar-refractivity contribution in [2.24, 2.45) is 11.3 Å². The minimum absolute atomic E-state index is 0.00417. The Morgan fingerprint density at radius 3 is 2.08 bits per heavy atom. The lowest BCUT2D eigenvalue weighted by Gasteiger charge is -2.33. The summed E-state index contributed by atoms with van der Waals surface area (Å²) in [6.07, 6.45) is 4.00. The van der Waals surface area contributed by atoms with Gasteiger partial charge in [0.25, 0.3) is 0 Å². The SMILES string of the molecule is [B]C(=O)C(C)(C)CCOC(C)(C)CCC(C)(C)NC(=O)CCC(C)(C)c1ccc(N2C(=O)CC(CC)C2=O)cc1. The fourth-order valence-corrected chi connectivity index (χ4v) is 4.81. The average Bonchev–Trinajstić information content (AvgIpc) is 3.14. The number of rotatable bonds is 15. The molecule has 3 amide bonds. The molecule has 0 spiro atoms. The molecule has 1 aromatic carbocycles. The molecule has 1 aromatic rings. The maximum Gasteiger partial charge on any atom is 0.237 e. The summed E-state index contributed by atoms with van der Waals surface area (Å²) in [5.41, 5.74) is -0.352. The van der Waals surface area contributed by atoms with Crippen LogP contribution in [0.25, 0.3) is 0 Å². The van der Waals surface area contributed by atoms with Crippen molar-refractivity contribution in [3.05, 3.63) is 29.8 Å². The van der Waals surface area contributed by atoms with E-state index < -0.39 is 16.6 Å². The minimum Gasteiger partial charge on any atom is -0.376 e. The van der Waals surface area contributed by atoms with Crippen molar-refractivity contribution in [1.29, 1.82) is 0 Å². The molecule has 2 rings (SSSR count). The van der Waals surface area contributed by atoms with Crippen LogP contribution >= 0.6 is 0 Å². The van der Waals surface area contributed by atoms with Gasteiger partial charge in [0.05, 0.1) is 17.0 Å². The summed E-state index contributed by atoms with van der Waals surface area (Å²) in [4.78, 5) is 50.7. The Morgan fingerprint density at radius 1 is 0.950 bits per heavy atom. The maximum absolute atomic E-state index is 12.9. The van der Waals surface area contributed by atoms with Crippen LogP contribution in [0.2, 0.25) is 0 Å². The molecule has 1 N–H and O–H groups in total. The Hall–Kier alpha value is -2.48. The third kappa shape index (κ3) is 9.29. The number of benzene rings is 1. The van der Waals surface area contributed by atoms with Crippen LogP contribution in [0, 0.1) is 11.3 Å². The molecule has 40 heavy (non-hydrogen) atoms. The van der Waals surface area contributed by atoms with Gasteiger partial charge in [0.1, 0.15) is 0 Å². The van der Waals surface area contributed by atoms with Crippen LogP contribution in [0.5, 0.6) is 0 Å². The molecule has 220 valence electrons. The number of nitrogens with zero attached hydrogens (tertiary/aromatic N) is 1. The number of nitrogens with one attached hydrogen (secondary N) is 1. The number of carbonyl (C=O) groups excluding carboxylic acids is 4. The Kier molecular flexibility index (Phi) is 11.0. The lowest BCUT2D eigenvalue weighted by molar-refractivity contribution is -0.124. The molecule has 1 aliphatic rings. The van der Waals surface area contributed by atoms with E-state index >= 15 is 0 Å². The maximum atomic E-state index is 12.9. The predicted octanol–water partition coefficient (Wildman–Crippen LogP) is 5.62. The Bertz CT molecular complexity index is 1080. The molecular formula is C32H49BN2O5. The monoisotopic (exact) mass is 552 g/mol. The van der Waals surface area contributed by atoms with Crippen LogP contribution in [0.15, 0.2) is 24.3 Å². The van der Waals surface area contributed by atoms with E-state index in [1.807, 2.05) is 72.7 Å². The third-order valence-corrected chi connectivity index (χ3v) is 8.33. The van der Waals surface area contributed by atoms with Gasteiger partial charge in [-0.3, -0.25) is 19.3 Å². The summed E-state index contributed by atoms with van der Waals surface area (Å²) in [5.74, 6) is -0.507. The summed E-state index contributed by atoms with van der Waals surface area (Å²) < 4.78 is 6.06. The van der Waals surface area contributed by atoms with Gasteiger partial charge in [-0.1, -0.05) is 46.8 Å². The van der Waals surface area contributed by atoms with Gasteiger partial charge in [0, 0.05) is 36.3 Å². The second-order valence-electron chi connectivity index (χ2n) is 13.8. The first-order valence-corrected chi connectivity index (χ1v) is 14.5. The number of ether oxygens (including phenoxy) is 1. The summed E-state index contributed by atoms with van der Waals surface area (Å²) in [6.45, 7) is 18.3. The van der Waals surface area contributed by atoms with Gasteiger partial charge in [0.15, 0.2) is 7.85 Å². The molecule has 0 aromatic heterocycles. The Morgan fingerprint density at radius 2 is 1.55 bits per heavy atom. The van der Waals surface area contributed by atoms with Crippen LogP contribution in [-0.4, -0.2) is 49.0 Å². The Labute approximate surface area is 242 Å². The number of imide groups is 1. The normalized spacial score (nSPS) is 16.9. The first kappa shape index (κ1) is 33.7. The first-order valence-electron chi connectivity index (χ1n) is 14.5. The van der Waals surface area contributed by atoms with E-state index in [1.165, 1.54) is 4.90 Å². The second-order valence-corrected chi connectivity index (χ2v) is 13.8. The van der Waals surface area contributed by atoms with Crippen LogP contribution < -0.4 is 10.2 Å². The summed E-state index contributed by atoms with van der Waals surface area (Å²) in [5, 5.41) is 3.18. The summed E-state index contributed by atoms with van der Waals surface area (Å²) >= 11 is 0. The van der Waals surface area contributed by atoms with Crippen molar-refractivity contribution in [1.82, 2.24) is 5.32 Å². The minimum atomic E-state index is -0.608. The van der Waals surface area contributed by atoms with E-state index in [-0.39, 0.29) is 41.2 Å². The quantitative estimate of drug-likeness (QED) is 0.225. The molecule has 2 radical (unpaired) electrons. The van der Waals surface area contributed by atoms with E-state index in [0.717, 1.165) is 18.4 Å². The first-order chi connectivity index (χ1) is 18.3. The molecule has 0 aliphatic carbocycles. The van der Waals surface area contributed by atoms with Crippen molar-refractivity contribution >= 4 is 36.9 Å². The van der Waals surface area contributed by atoms with Gasteiger partial charge in [-0.15, -0.1) is 0 Å². The molecule has 1 saturated heterocycles. The lowest BCUT2D eigenvalue weighted by Crippen LogP contribution is -2.45. The van der Waals surface area contributed by atoms with Crippen molar-refractivity contribution < 1.29 is 23.9 Å². The zero-order chi connectivity index (χ0) is 30.5. The fourth-order valence-electron chi connectivity index (χ4n) is 4.81. The van der Waals surface area contributed by atoms with Crippen LogP contribution in [0.4, 0.5) is 5.69 Å². The van der Waals surface area contributed by atoms with Gasteiger partial charge < -0.3 is 14.8 Å². The van der Waals surface area contributed by atoms with Gasteiger partial charge >= 0.3 is 0 Å². The van der Waals surface area contributed by atoms with Crippen molar-refractivity contribution in [2.75, 3.05) is 11.5 Å². The number of hydrogen-bond acceptors (Lipinski definition) is 5. The zero-order valence-corrected chi connectivity index (χ0v) is 26.1. The Balaban J connectivity index is 1.87. The fraction of sp³-hybridized carbons (Fsp3) is 0.688. The molecule has 7 nitrogen and oxygen atoms in total. The van der Waals surface area contributed by atoms with E-state index in [2.05, 4.69) is 19.2 Å². The number of hydrogen-bond donors (Lipinski definition) is 1. The van der Waals surface area contributed by atoms with Crippen LogP contribution in [0.1, 0.15) is 113 Å². The van der Waals surface area contributed by atoms with Gasteiger partial charge in [-0.05, 0) is 82.9 Å². The molecule has 0 saturated carbocycles. The third-order valence-electron chi connectivity index (χ3n) is 8.33. The van der Waals surface area contributed by atoms with Crippen molar-refractivity contribution in [3.63, 3.8) is 0 Å². The molecule has 0 bridgehead atoms. The largest absolute Gasteiger partial charge is 0.376 e. The molecular weight excluding hydrogens is 503 g/mol. The van der Waals surface area contributed by atoms with E-state index in [4.69, 9.17) is 12.6 Å². The van der Waals surface area contributed by atoms with E-state index in [9.17, 15) is 19.2 Å². The highest BCUT2D eigenvalue weighted by molar-refractivity contribution is 6.58. The lowest BCUT2D eigenvalue weighted by atomic mass is 9.75. The standard InChI is InChI=1S/C32H49BN2O5/c1-10-22-21-26(37)35(27(22)38)24-13-11-23(12-14-24)29(2,3)16-15-25(36)34-31(6,7)17-18-32(8,9)40-20-19-30(4,5)28(33)39/h11-14,22H,10,15-21H2,1-9H3,(H,34,36). The van der Waals surface area contributed by atoms with Gasteiger partial charge in [0.2, 0.25) is 17.7 Å². The van der Waals surface area contributed by atoms with Gasteiger partial charge in [-0.2, -0.15) is 0 Å². The molecule has 1 heterocycles. The van der Waals surface area contributed by atoms with Crippen molar-refractivity contribution in [2.45, 2.75) is 124 Å². The molecule has 1 unspecified atom stereocenters. The van der Waals surface area contributed by atoms with Crippen molar-refractivity contribution in [3.8, 4) is 0 Å². The molecule has 1 aliphatic heterocycles. The van der Waals surface area contributed by atoms with Crippen LogP contribution in [-0.2, 0) is 29.3 Å². The predicted molar refractivity (Wildman–Crippen MR) is 160 cm³/mol. The average molecular weight is 553 g/mol. The molecule has 8 heteroatoms. The highest BCUT2D eigenvalue weighted by Crippen LogP contribution is 2.33. The number of anilines is 1. The molecule has 1 atom stereocenters. The number of amides is 3. The summed E-state index contributed by atoms with van der Waals surface area (Å²) in [7, 11) is 5.45. The van der Waals surface area contributed by atoms with E-state index in [1.54, 1.807) is 0 Å².